The van der Waals surface area contributed by atoms with Crippen molar-refractivity contribution in [2.75, 3.05) is 17.2 Å². The third-order valence-corrected chi connectivity index (χ3v) is 4.11. The van der Waals surface area contributed by atoms with Crippen molar-refractivity contribution >= 4 is 29.3 Å². The molecule has 0 aliphatic rings. The largest absolute Gasteiger partial charge is 0.484 e. The predicted molar refractivity (Wildman–Crippen MR) is 116 cm³/mol. The Balaban J connectivity index is 1.58. The van der Waals surface area contributed by atoms with E-state index in [0.717, 1.165) is 0 Å². The first-order valence-electron chi connectivity index (χ1n) is 9.30. The SMILES string of the molecule is N#C/C(=C\c1ccc(OCC(=O)Nc2ccccc2)cc1)C(=O)Nc1ccccc1F. The van der Waals surface area contributed by atoms with Gasteiger partial charge in [0.1, 0.15) is 23.2 Å². The van der Waals surface area contributed by atoms with Crippen LogP contribution >= 0.6 is 0 Å². The molecule has 0 aliphatic heterocycles. The van der Waals surface area contributed by atoms with E-state index in [1.165, 1.54) is 24.3 Å². The van der Waals surface area contributed by atoms with E-state index in [0.29, 0.717) is 17.0 Å². The number of hydrogen-bond donors (Lipinski definition) is 2. The number of nitriles is 1. The average Bonchev–Trinajstić information content (AvgIpc) is 2.79. The second-order valence-corrected chi connectivity index (χ2v) is 6.38. The molecule has 154 valence electrons. The zero-order chi connectivity index (χ0) is 22.1. The van der Waals surface area contributed by atoms with E-state index in [1.807, 2.05) is 24.3 Å². The van der Waals surface area contributed by atoms with Gasteiger partial charge in [-0.05, 0) is 48.0 Å². The number of halogens is 1. The minimum atomic E-state index is -0.717. The summed E-state index contributed by atoms with van der Waals surface area (Å²) < 4.78 is 19.1. The minimum absolute atomic E-state index is 0.00817. The van der Waals surface area contributed by atoms with Gasteiger partial charge in [0.15, 0.2) is 6.61 Å². The maximum Gasteiger partial charge on any atom is 0.266 e. The standard InChI is InChI=1S/C24H18FN3O3/c25-21-8-4-5-9-22(21)28-24(30)18(15-26)14-17-10-12-20(13-11-17)31-16-23(29)27-19-6-2-1-3-7-19/h1-14H,16H2,(H,27,29)(H,28,30)/b18-14+. The van der Waals surface area contributed by atoms with Gasteiger partial charge in [-0.3, -0.25) is 9.59 Å². The Morgan fingerprint density at radius 1 is 0.935 bits per heavy atom. The highest BCUT2D eigenvalue weighted by Crippen LogP contribution is 2.17. The van der Waals surface area contributed by atoms with Crippen LogP contribution in [0.25, 0.3) is 6.08 Å². The summed E-state index contributed by atoms with van der Waals surface area (Å²) in [5.74, 6) is -1.15. The predicted octanol–water partition coefficient (Wildman–Crippen LogP) is 4.39. The Morgan fingerprint density at radius 2 is 1.61 bits per heavy atom. The van der Waals surface area contributed by atoms with Crippen molar-refractivity contribution < 1.29 is 18.7 Å². The van der Waals surface area contributed by atoms with Crippen molar-refractivity contribution in [2.24, 2.45) is 0 Å². The molecule has 0 bridgehead atoms. The molecule has 0 aliphatic carbocycles. The van der Waals surface area contributed by atoms with E-state index in [2.05, 4.69) is 10.6 Å². The summed E-state index contributed by atoms with van der Waals surface area (Å²) in [6, 6.07) is 23.0. The van der Waals surface area contributed by atoms with Crippen LogP contribution in [0, 0.1) is 17.1 Å². The number of nitrogens with one attached hydrogen (secondary N) is 2. The van der Waals surface area contributed by atoms with Gasteiger partial charge in [0.25, 0.3) is 11.8 Å². The Bertz CT molecular complexity index is 1140. The Kier molecular flexibility index (Phi) is 7.12. The Labute approximate surface area is 178 Å². The van der Waals surface area contributed by atoms with Crippen molar-refractivity contribution in [1.82, 2.24) is 0 Å². The van der Waals surface area contributed by atoms with Crippen LogP contribution in [0.15, 0.2) is 84.4 Å². The Hall–Kier alpha value is -4.44. The highest BCUT2D eigenvalue weighted by Gasteiger charge is 2.12. The molecule has 0 aromatic heterocycles. The summed E-state index contributed by atoms with van der Waals surface area (Å²) in [6.07, 6.45) is 1.38. The number of anilines is 2. The van der Waals surface area contributed by atoms with Crippen LogP contribution < -0.4 is 15.4 Å². The van der Waals surface area contributed by atoms with Crippen molar-refractivity contribution in [1.29, 1.82) is 5.26 Å². The molecule has 2 N–H and O–H groups in total. The minimum Gasteiger partial charge on any atom is -0.484 e. The topological polar surface area (TPSA) is 91.2 Å². The first-order valence-corrected chi connectivity index (χ1v) is 9.30. The smallest absolute Gasteiger partial charge is 0.266 e. The fourth-order valence-corrected chi connectivity index (χ4v) is 2.60. The van der Waals surface area contributed by atoms with Crippen molar-refractivity contribution in [3.8, 4) is 11.8 Å². The second-order valence-electron chi connectivity index (χ2n) is 6.38. The number of benzene rings is 3. The Morgan fingerprint density at radius 3 is 2.29 bits per heavy atom. The number of carbonyl (C=O) groups excluding carboxylic acids is 2. The lowest BCUT2D eigenvalue weighted by atomic mass is 10.1. The van der Waals surface area contributed by atoms with Gasteiger partial charge < -0.3 is 15.4 Å². The summed E-state index contributed by atoms with van der Waals surface area (Å²) in [6.45, 7) is -0.168. The lowest BCUT2D eigenvalue weighted by Crippen LogP contribution is -2.20. The van der Waals surface area contributed by atoms with E-state index in [4.69, 9.17) is 4.74 Å². The molecule has 3 aromatic rings. The second kappa shape index (κ2) is 10.4. The van der Waals surface area contributed by atoms with Crippen molar-refractivity contribution in [3.05, 3.63) is 95.8 Å². The number of hydrogen-bond acceptors (Lipinski definition) is 4. The molecule has 0 saturated heterocycles. The van der Waals surface area contributed by atoms with Gasteiger partial charge in [0.05, 0.1) is 5.69 Å². The number of rotatable bonds is 7. The first kappa shape index (κ1) is 21.3. The lowest BCUT2D eigenvalue weighted by Gasteiger charge is -2.08. The molecule has 0 unspecified atom stereocenters. The monoisotopic (exact) mass is 415 g/mol. The molecule has 0 spiro atoms. The molecule has 0 fully saturated rings. The normalized spacial score (nSPS) is 10.6. The molecule has 31 heavy (non-hydrogen) atoms. The fourth-order valence-electron chi connectivity index (χ4n) is 2.60. The molecule has 0 heterocycles. The molecule has 6 nitrogen and oxygen atoms in total. The van der Waals surface area contributed by atoms with E-state index in [9.17, 15) is 19.2 Å². The zero-order valence-electron chi connectivity index (χ0n) is 16.3. The molecule has 0 atom stereocenters. The van der Waals surface area contributed by atoms with Gasteiger partial charge in [-0.15, -0.1) is 0 Å². The highest BCUT2D eigenvalue weighted by molar-refractivity contribution is 6.09. The van der Waals surface area contributed by atoms with Crippen LogP contribution in [0.2, 0.25) is 0 Å². The van der Waals surface area contributed by atoms with Crippen LogP contribution in [0.3, 0.4) is 0 Å². The quantitative estimate of drug-likeness (QED) is 0.442. The maximum atomic E-state index is 13.7. The molecular formula is C24H18FN3O3. The summed E-state index contributed by atoms with van der Waals surface area (Å²) in [5, 5.41) is 14.4. The summed E-state index contributed by atoms with van der Waals surface area (Å²) in [7, 11) is 0. The molecule has 3 aromatic carbocycles. The molecule has 3 rings (SSSR count). The lowest BCUT2D eigenvalue weighted by molar-refractivity contribution is -0.118. The summed E-state index contributed by atoms with van der Waals surface area (Å²) >= 11 is 0. The van der Waals surface area contributed by atoms with Gasteiger partial charge in [-0.1, -0.05) is 42.5 Å². The zero-order valence-corrected chi connectivity index (χ0v) is 16.3. The maximum absolute atomic E-state index is 13.7. The van der Waals surface area contributed by atoms with Gasteiger partial charge >= 0.3 is 0 Å². The van der Waals surface area contributed by atoms with E-state index >= 15 is 0 Å². The third-order valence-electron chi connectivity index (χ3n) is 4.11. The van der Waals surface area contributed by atoms with Crippen LogP contribution in [-0.2, 0) is 9.59 Å². The summed E-state index contributed by atoms with van der Waals surface area (Å²) in [4.78, 5) is 24.2. The van der Waals surface area contributed by atoms with Crippen LogP contribution in [0.5, 0.6) is 5.75 Å². The van der Waals surface area contributed by atoms with E-state index in [1.54, 1.807) is 42.5 Å². The number of carbonyl (C=O) groups is 2. The first-order chi connectivity index (χ1) is 15.0. The van der Waals surface area contributed by atoms with Crippen LogP contribution in [0.4, 0.5) is 15.8 Å². The van der Waals surface area contributed by atoms with Crippen molar-refractivity contribution in [3.63, 3.8) is 0 Å². The van der Waals surface area contributed by atoms with Crippen LogP contribution in [-0.4, -0.2) is 18.4 Å². The molecule has 0 saturated carbocycles. The number of amides is 2. The number of ether oxygens (including phenoxy) is 1. The molecular weight excluding hydrogens is 397 g/mol. The van der Waals surface area contributed by atoms with E-state index in [-0.39, 0.29) is 23.8 Å². The molecule has 7 heteroatoms. The molecule has 0 radical (unpaired) electrons. The van der Waals surface area contributed by atoms with E-state index < -0.39 is 11.7 Å². The van der Waals surface area contributed by atoms with Crippen molar-refractivity contribution in [2.45, 2.75) is 0 Å². The van der Waals surface area contributed by atoms with Crippen LogP contribution in [0.1, 0.15) is 5.56 Å². The fraction of sp³-hybridized carbons (Fsp3) is 0.0417. The third kappa shape index (κ3) is 6.27. The molecule has 2 amide bonds. The number of nitrogens with zero attached hydrogens (tertiary/aromatic N) is 1. The van der Waals surface area contributed by atoms with Gasteiger partial charge in [-0.25, -0.2) is 4.39 Å². The highest BCUT2D eigenvalue weighted by atomic mass is 19.1. The summed E-state index contributed by atoms with van der Waals surface area (Å²) in [5.41, 5.74) is 1.06. The van der Waals surface area contributed by atoms with Gasteiger partial charge in [0.2, 0.25) is 0 Å². The van der Waals surface area contributed by atoms with Gasteiger partial charge in [-0.2, -0.15) is 5.26 Å². The average molecular weight is 415 g/mol. The number of para-hydroxylation sites is 2. The van der Waals surface area contributed by atoms with Gasteiger partial charge in [0, 0.05) is 5.69 Å².